The average molecular weight is 454 g/mol. The topological polar surface area (TPSA) is 71.5 Å². The number of hydrogen-bond donors (Lipinski definition) is 0. The molecule has 0 amide bonds. The smallest absolute Gasteiger partial charge is 0.203 e. The molecule has 1 heterocycles. The molecule has 31 heavy (non-hydrogen) atoms. The molecule has 0 spiro atoms. The van der Waals surface area contributed by atoms with Crippen molar-refractivity contribution < 1.29 is 16.8 Å². The molecule has 5 nitrogen and oxygen atoms in total. The molecular formula is C24H23NO4S2. The minimum Gasteiger partial charge on any atom is -0.294 e. The Morgan fingerprint density at radius 3 is 1.74 bits per heavy atom. The van der Waals surface area contributed by atoms with Crippen molar-refractivity contribution in [3.63, 3.8) is 0 Å². The maximum Gasteiger partial charge on any atom is 0.203 e. The third kappa shape index (κ3) is 4.08. The van der Waals surface area contributed by atoms with E-state index in [9.17, 15) is 16.8 Å². The van der Waals surface area contributed by atoms with Gasteiger partial charge in [0.2, 0.25) is 9.84 Å². The summed E-state index contributed by atoms with van der Waals surface area (Å²) in [6.07, 6.45) is 1.59. The van der Waals surface area contributed by atoms with E-state index in [0.717, 1.165) is 5.56 Å². The molecule has 0 aliphatic carbocycles. The highest BCUT2D eigenvalue weighted by Crippen LogP contribution is 2.37. The summed E-state index contributed by atoms with van der Waals surface area (Å²) in [4.78, 5) is 2.01. The zero-order valence-corrected chi connectivity index (χ0v) is 18.6. The maximum absolute atomic E-state index is 13.6. The van der Waals surface area contributed by atoms with E-state index in [1.54, 1.807) is 42.5 Å². The van der Waals surface area contributed by atoms with Gasteiger partial charge in [-0.15, -0.1) is 0 Å². The summed E-state index contributed by atoms with van der Waals surface area (Å²) < 4.78 is 54.3. The molecule has 3 aromatic carbocycles. The Labute approximate surface area is 183 Å². The molecule has 7 heteroatoms. The largest absolute Gasteiger partial charge is 0.294 e. The van der Waals surface area contributed by atoms with E-state index in [1.807, 2.05) is 42.3 Å². The first-order valence-electron chi connectivity index (χ1n) is 9.88. The highest BCUT2D eigenvalue weighted by atomic mass is 32.2. The van der Waals surface area contributed by atoms with Crippen molar-refractivity contribution in [1.29, 1.82) is 0 Å². The van der Waals surface area contributed by atoms with Gasteiger partial charge in [0.05, 0.1) is 20.7 Å². The Balaban J connectivity index is 1.91. The molecule has 0 saturated heterocycles. The second kappa shape index (κ2) is 8.42. The van der Waals surface area contributed by atoms with Crippen LogP contribution in [0.4, 0.5) is 0 Å². The normalized spacial score (nSPS) is 20.2. The van der Waals surface area contributed by atoms with Crippen molar-refractivity contribution in [3.8, 4) is 0 Å². The Bertz CT molecular complexity index is 1290. The molecule has 4 rings (SSSR count). The molecule has 1 aliphatic heterocycles. The molecule has 2 atom stereocenters. The van der Waals surface area contributed by atoms with E-state index in [-0.39, 0.29) is 27.3 Å². The second-order valence-corrected chi connectivity index (χ2v) is 11.6. The molecule has 0 N–H and O–H groups in total. The van der Waals surface area contributed by atoms with Crippen LogP contribution >= 0.6 is 0 Å². The van der Waals surface area contributed by atoms with Crippen molar-refractivity contribution in [1.82, 2.24) is 4.90 Å². The van der Waals surface area contributed by atoms with Crippen LogP contribution in [-0.2, 0) is 19.7 Å². The minimum atomic E-state index is -4.01. The molecule has 0 fully saturated rings. The number of benzene rings is 3. The lowest BCUT2D eigenvalue weighted by Gasteiger charge is -2.36. The molecule has 0 bridgehead atoms. The summed E-state index contributed by atoms with van der Waals surface area (Å²) in [6, 6.07) is 25.2. The number of nitrogens with zero attached hydrogens (tertiary/aromatic N) is 1. The van der Waals surface area contributed by atoms with Gasteiger partial charge in [0, 0.05) is 6.54 Å². The van der Waals surface area contributed by atoms with Crippen LogP contribution in [0.3, 0.4) is 0 Å². The summed E-state index contributed by atoms with van der Waals surface area (Å²) >= 11 is 0. The number of sulfone groups is 2. The Kier molecular flexibility index (Phi) is 5.83. The van der Waals surface area contributed by atoms with Gasteiger partial charge < -0.3 is 0 Å². The monoisotopic (exact) mass is 453 g/mol. The Hall–Kier alpha value is -2.74. The first kappa shape index (κ1) is 21.5. The fourth-order valence-electron chi connectivity index (χ4n) is 3.88. The number of rotatable bonds is 5. The zero-order chi connectivity index (χ0) is 22.1. The molecule has 0 saturated carbocycles. The lowest BCUT2D eigenvalue weighted by atomic mass is 10.0. The summed E-state index contributed by atoms with van der Waals surface area (Å²) in [5.41, 5.74) is 0.904. The van der Waals surface area contributed by atoms with Gasteiger partial charge in [-0.3, -0.25) is 4.90 Å². The fourth-order valence-corrected chi connectivity index (χ4v) is 7.84. The number of hydrogen-bond acceptors (Lipinski definition) is 5. The molecule has 0 radical (unpaired) electrons. The third-order valence-electron chi connectivity index (χ3n) is 5.52. The van der Waals surface area contributed by atoms with Crippen molar-refractivity contribution in [2.24, 2.45) is 0 Å². The Morgan fingerprint density at radius 2 is 1.19 bits per heavy atom. The fraction of sp³-hybridized carbons (Fsp3) is 0.167. The van der Waals surface area contributed by atoms with Gasteiger partial charge in [-0.1, -0.05) is 66.7 Å². The SMILES string of the molecule is CN1CC(S(=O)(=O)c2ccccc2)C(S(=O)(=O)c2ccccc2)=CC1c1ccccc1. The van der Waals surface area contributed by atoms with Crippen LogP contribution in [0.2, 0.25) is 0 Å². The van der Waals surface area contributed by atoms with Gasteiger partial charge in [0.1, 0.15) is 5.25 Å². The van der Waals surface area contributed by atoms with Crippen molar-refractivity contribution in [2.75, 3.05) is 13.6 Å². The minimum absolute atomic E-state index is 0.0642. The molecule has 3 aromatic rings. The lowest BCUT2D eigenvalue weighted by Crippen LogP contribution is -2.43. The van der Waals surface area contributed by atoms with Gasteiger partial charge >= 0.3 is 0 Å². The van der Waals surface area contributed by atoms with Gasteiger partial charge in [-0.05, 0) is 43.0 Å². The summed E-state index contributed by atoms with van der Waals surface area (Å²) in [7, 11) is -6.13. The van der Waals surface area contributed by atoms with Gasteiger partial charge in [0.25, 0.3) is 0 Å². The molecule has 160 valence electrons. The molecule has 0 aromatic heterocycles. The van der Waals surface area contributed by atoms with E-state index in [1.165, 1.54) is 24.3 Å². The lowest BCUT2D eigenvalue weighted by molar-refractivity contribution is 0.277. The number of likely N-dealkylation sites (N-methyl/N-ethyl adjacent to an activating group) is 1. The first-order valence-corrected chi connectivity index (χ1v) is 12.9. The van der Waals surface area contributed by atoms with Gasteiger partial charge in [-0.2, -0.15) is 0 Å². The Morgan fingerprint density at radius 1 is 0.710 bits per heavy atom. The van der Waals surface area contributed by atoms with Crippen LogP contribution in [0.1, 0.15) is 11.6 Å². The average Bonchev–Trinajstić information content (AvgIpc) is 2.80. The maximum atomic E-state index is 13.6. The van der Waals surface area contributed by atoms with E-state index >= 15 is 0 Å². The van der Waals surface area contributed by atoms with E-state index in [4.69, 9.17) is 0 Å². The van der Waals surface area contributed by atoms with E-state index < -0.39 is 24.9 Å². The quantitative estimate of drug-likeness (QED) is 0.586. The summed E-state index contributed by atoms with van der Waals surface area (Å²) in [5, 5.41) is -1.20. The van der Waals surface area contributed by atoms with E-state index in [2.05, 4.69) is 0 Å². The summed E-state index contributed by atoms with van der Waals surface area (Å²) in [5.74, 6) is 0. The third-order valence-corrected chi connectivity index (χ3v) is 9.68. The zero-order valence-electron chi connectivity index (χ0n) is 17.0. The van der Waals surface area contributed by atoms with Gasteiger partial charge in [0.15, 0.2) is 9.84 Å². The standard InChI is InChI=1S/C24H23NO4S2/c1-25-18-24(31(28,29)21-15-9-4-10-16-21)23(17-22(25)19-11-5-2-6-12-19)30(26,27)20-13-7-3-8-14-20/h2-17,22,24H,18H2,1H3. The molecular weight excluding hydrogens is 430 g/mol. The molecule has 2 unspecified atom stereocenters. The predicted molar refractivity (Wildman–Crippen MR) is 121 cm³/mol. The van der Waals surface area contributed by atoms with Crippen LogP contribution in [0, 0.1) is 0 Å². The highest BCUT2D eigenvalue weighted by Gasteiger charge is 2.42. The van der Waals surface area contributed by atoms with Crippen LogP contribution in [-0.4, -0.2) is 40.6 Å². The van der Waals surface area contributed by atoms with Crippen molar-refractivity contribution in [2.45, 2.75) is 21.1 Å². The summed E-state index contributed by atoms with van der Waals surface area (Å²) in [6.45, 7) is 0.0642. The van der Waals surface area contributed by atoms with Crippen molar-refractivity contribution in [3.05, 3.63) is 108 Å². The van der Waals surface area contributed by atoms with Gasteiger partial charge in [-0.25, -0.2) is 16.8 Å². The van der Waals surface area contributed by atoms with Crippen LogP contribution in [0.25, 0.3) is 0 Å². The van der Waals surface area contributed by atoms with Crippen LogP contribution in [0.5, 0.6) is 0 Å². The van der Waals surface area contributed by atoms with Crippen LogP contribution in [0.15, 0.2) is 112 Å². The predicted octanol–water partition coefficient (Wildman–Crippen LogP) is 3.87. The molecule has 1 aliphatic rings. The van der Waals surface area contributed by atoms with Crippen LogP contribution < -0.4 is 0 Å². The van der Waals surface area contributed by atoms with E-state index in [0.29, 0.717) is 0 Å². The second-order valence-electron chi connectivity index (χ2n) is 7.53. The first-order chi connectivity index (χ1) is 14.8. The van der Waals surface area contributed by atoms with Crippen molar-refractivity contribution >= 4 is 19.7 Å². The highest BCUT2D eigenvalue weighted by molar-refractivity contribution is 7.98.